The maximum Gasteiger partial charge on any atom is 0.313 e. The Balaban J connectivity index is 1.61. The molecule has 0 bridgehead atoms. The Hall–Kier alpha value is -2.73. The van der Waals surface area contributed by atoms with E-state index < -0.39 is 0 Å². The summed E-state index contributed by atoms with van der Waals surface area (Å²) in [5.41, 5.74) is 2.87. The molecule has 0 amide bonds. The Labute approximate surface area is 150 Å². The fourth-order valence-corrected chi connectivity index (χ4v) is 2.68. The molecular formula is C18H17ClN4O2. The topological polar surface area (TPSA) is 69.9 Å². The first-order valence-corrected chi connectivity index (χ1v) is 8.25. The van der Waals surface area contributed by atoms with Crippen molar-refractivity contribution in [3.8, 4) is 11.1 Å². The molecular weight excluding hydrogens is 340 g/mol. The molecule has 3 aromatic rings. The molecule has 0 saturated heterocycles. The van der Waals surface area contributed by atoms with Crippen LogP contribution in [0.2, 0.25) is 5.02 Å². The average Bonchev–Trinajstić information content (AvgIpc) is 3.15. The zero-order chi connectivity index (χ0) is 17.6. The summed E-state index contributed by atoms with van der Waals surface area (Å²) in [5.74, 6) is -0.632. The van der Waals surface area contributed by atoms with Crippen LogP contribution in [-0.2, 0) is 16.1 Å². The van der Waals surface area contributed by atoms with Gasteiger partial charge in [0.2, 0.25) is 0 Å². The second-order valence-corrected chi connectivity index (χ2v) is 5.97. The summed E-state index contributed by atoms with van der Waals surface area (Å²) in [6, 6.07) is 15.4. The van der Waals surface area contributed by atoms with Crippen molar-refractivity contribution >= 4 is 17.6 Å². The quantitative estimate of drug-likeness (QED) is 0.633. The minimum absolute atomic E-state index is 0.228. The number of halogens is 1. The van der Waals surface area contributed by atoms with Crippen molar-refractivity contribution in [1.82, 2.24) is 20.2 Å². The summed E-state index contributed by atoms with van der Waals surface area (Å²) in [4.78, 5) is 12.2. The predicted octanol–water partition coefficient (Wildman–Crippen LogP) is 3.34. The van der Waals surface area contributed by atoms with Crippen LogP contribution in [0.15, 0.2) is 54.9 Å². The summed E-state index contributed by atoms with van der Waals surface area (Å²) >= 11 is 6.22. The van der Waals surface area contributed by atoms with Crippen molar-refractivity contribution in [2.75, 3.05) is 6.61 Å². The number of benzene rings is 2. The predicted molar refractivity (Wildman–Crippen MR) is 94.1 cm³/mol. The maximum absolute atomic E-state index is 12.2. The molecule has 0 fully saturated rings. The highest BCUT2D eigenvalue weighted by molar-refractivity contribution is 6.33. The molecule has 7 heteroatoms. The van der Waals surface area contributed by atoms with Gasteiger partial charge in [-0.1, -0.05) is 54.1 Å². The zero-order valence-corrected chi connectivity index (χ0v) is 14.4. The van der Waals surface area contributed by atoms with Crippen LogP contribution < -0.4 is 0 Å². The Bertz CT molecular complexity index is 835. The largest absolute Gasteiger partial charge is 0.463 e. The number of esters is 1. The minimum Gasteiger partial charge on any atom is -0.463 e. The molecule has 1 aromatic heterocycles. The van der Waals surface area contributed by atoms with Gasteiger partial charge < -0.3 is 4.74 Å². The molecule has 2 aromatic carbocycles. The molecule has 0 aliphatic carbocycles. The van der Waals surface area contributed by atoms with E-state index in [-0.39, 0.29) is 18.5 Å². The van der Waals surface area contributed by atoms with Gasteiger partial charge >= 0.3 is 5.97 Å². The number of nitrogens with zero attached hydrogens (tertiary/aromatic N) is 4. The van der Waals surface area contributed by atoms with E-state index in [2.05, 4.69) is 15.5 Å². The number of tetrazole rings is 1. The third kappa shape index (κ3) is 4.22. The number of carbonyl (C=O) groups excluding carboxylic acids is 1. The number of hydrogen-bond donors (Lipinski definition) is 0. The van der Waals surface area contributed by atoms with E-state index in [1.807, 2.05) is 55.5 Å². The molecule has 25 heavy (non-hydrogen) atoms. The van der Waals surface area contributed by atoms with E-state index >= 15 is 0 Å². The van der Waals surface area contributed by atoms with Crippen LogP contribution in [0.3, 0.4) is 0 Å². The lowest BCUT2D eigenvalue weighted by Crippen LogP contribution is -2.16. The molecule has 0 aliphatic heterocycles. The fraction of sp³-hybridized carbons (Fsp3) is 0.222. The van der Waals surface area contributed by atoms with Crippen molar-refractivity contribution in [2.45, 2.75) is 19.4 Å². The Kier molecular flexibility index (Phi) is 5.40. The summed E-state index contributed by atoms with van der Waals surface area (Å²) in [6.45, 7) is 2.48. The molecule has 0 radical (unpaired) electrons. The van der Waals surface area contributed by atoms with Gasteiger partial charge in [-0.05, 0) is 34.5 Å². The van der Waals surface area contributed by atoms with Crippen LogP contribution in [-0.4, -0.2) is 32.8 Å². The normalized spacial score (nSPS) is 11.9. The maximum atomic E-state index is 12.2. The van der Waals surface area contributed by atoms with Gasteiger partial charge in [0.15, 0.2) is 0 Å². The molecule has 1 atom stereocenters. The van der Waals surface area contributed by atoms with Crippen LogP contribution in [0.25, 0.3) is 11.1 Å². The van der Waals surface area contributed by atoms with E-state index in [1.54, 1.807) is 0 Å². The molecule has 128 valence electrons. The Morgan fingerprint density at radius 3 is 2.64 bits per heavy atom. The monoisotopic (exact) mass is 356 g/mol. The van der Waals surface area contributed by atoms with Crippen molar-refractivity contribution in [3.05, 3.63) is 65.4 Å². The molecule has 0 spiro atoms. The third-order valence-electron chi connectivity index (χ3n) is 3.91. The Morgan fingerprint density at radius 2 is 1.96 bits per heavy atom. The molecule has 0 saturated carbocycles. The second-order valence-electron chi connectivity index (χ2n) is 5.56. The Morgan fingerprint density at radius 1 is 1.20 bits per heavy atom. The highest BCUT2D eigenvalue weighted by Crippen LogP contribution is 2.29. The molecule has 6 nitrogen and oxygen atoms in total. The van der Waals surface area contributed by atoms with Crippen molar-refractivity contribution < 1.29 is 9.53 Å². The summed E-state index contributed by atoms with van der Waals surface area (Å²) in [6.07, 6.45) is 1.48. The molecule has 0 aliphatic rings. The van der Waals surface area contributed by atoms with E-state index in [4.69, 9.17) is 16.3 Å². The van der Waals surface area contributed by atoms with Gasteiger partial charge in [-0.3, -0.25) is 4.79 Å². The number of hydrogen-bond acceptors (Lipinski definition) is 5. The molecule has 0 N–H and O–H groups in total. The first-order valence-electron chi connectivity index (χ1n) is 7.87. The first kappa shape index (κ1) is 17.1. The molecule has 1 unspecified atom stereocenters. The van der Waals surface area contributed by atoms with E-state index in [0.29, 0.717) is 11.6 Å². The van der Waals surface area contributed by atoms with Gasteiger partial charge in [0.1, 0.15) is 12.9 Å². The van der Waals surface area contributed by atoms with Crippen LogP contribution in [0.4, 0.5) is 0 Å². The van der Waals surface area contributed by atoms with Gasteiger partial charge in [0, 0.05) is 10.6 Å². The lowest BCUT2D eigenvalue weighted by atomic mass is 9.97. The fourth-order valence-electron chi connectivity index (χ4n) is 2.43. The summed E-state index contributed by atoms with van der Waals surface area (Å²) in [5, 5.41) is 11.5. The summed E-state index contributed by atoms with van der Waals surface area (Å²) in [7, 11) is 0. The van der Waals surface area contributed by atoms with E-state index in [0.717, 1.165) is 16.7 Å². The van der Waals surface area contributed by atoms with Crippen LogP contribution in [0.5, 0.6) is 0 Å². The lowest BCUT2D eigenvalue weighted by Gasteiger charge is -2.13. The van der Waals surface area contributed by atoms with Crippen LogP contribution >= 0.6 is 11.6 Å². The zero-order valence-electron chi connectivity index (χ0n) is 13.7. The van der Waals surface area contributed by atoms with Crippen molar-refractivity contribution in [3.63, 3.8) is 0 Å². The SMILES string of the molecule is CC(C(=O)OCCn1cnnn1)c1ccc(-c2ccccc2Cl)cc1. The van der Waals surface area contributed by atoms with Gasteiger partial charge in [0.25, 0.3) is 0 Å². The van der Waals surface area contributed by atoms with E-state index in [9.17, 15) is 4.79 Å². The molecule has 3 rings (SSSR count). The second kappa shape index (κ2) is 7.90. The van der Waals surface area contributed by atoms with Gasteiger partial charge in [-0.25, -0.2) is 4.68 Å². The highest BCUT2D eigenvalue weighted by Gasteiger charge is 2.17. The number of aromatic nitrogens is 4. The first-order chi connectivity index (χ1) is 12.1. The smallest absolute Gasteiger partial charge is 0.313 e. The minimum atomic E-state index is -0.353. The highest BCUT2D eigenvalue weighted by atomic mass is 35.5. The van der Waals surface area contributed by atoms with Gasteiger partial charge in [0.05, 0.1) is 12.5 Å². The standard InChI is InChI=1S/C18H17ClN4O2/c1-13(18(24)25-11-10-23-12-20-21-22-23)14-6-8-15(9-7-14)16-4-2-3-5-17(16)19/h2-9,12-13H,10-11H2,1H3. The number of rotatable bonds is 6. The van der Waals surface area contributed by atoms with Crippen LogP contribution in [0.1, 0.15) is 18.4 Å². The van der Waals surface area contributed by atoms with Gasteiger partial charge in [-0.2, -0.15) is 0 Å². The average molecular weight is 357 g/mol. The lowest BCUT2D eigenvalue weighted by molar-refractivity contribution is -0.145. The van der Waals surface area contributed by atoms with Crippen LogP contribution in [0, 0.1) is 0 Å². The summed E-state index contributed by atoms with van der Waals surface area (Å²) < 4.78 is 6.80. The number of ether oxygens (including phenoxy) is 1. The number of carbonyl (C=O) groups is 1. The third-order valence-corrected chi connectivity index (χ3v) is 4.23. The van der Waals surface area contributed by atoms with Crippen molar-refractivity contribution in [2.24, 2.45) is 0 Å². The van der Waals surface area contributed by atoms with Crippen molar-refractivity contribution in [1.29, 1.82) is 0 Å². The van der Waals surface area contributed by atoms with Gasteiger partial charge in [-0.15, -0.1) is 5.10 Å². The van der Waals surface area contributed by atoms with E-state index in [1.165, 1.54) is 11.0 Å². The molecule has 1 heterocycles.